The van der Waals surface area contributed by atoms with Crippen LogP contribution in [0.25, 0.3) is 0 Å². The highest BCUT2D eigenvalue weighted by Gasteiger charge is 2.38. The zero-order chi connectivity index (χ0) is 28.0. The molecule has 1 saturated carbocycles. The SMILES string of the molecule is O=C(NCCOC1CCC(Nc2ccc([N+](=O)[O-])c(C(F)(F)F)c2)CC1)C(=O)NCC1Cc2ccccc2O1. The standard InChI is InChI=1S/C26H29F3N4O6/c27-26(28,29)21-14-18(7-10-22(21)33(36)37)32-17-5-8-19(9-6-17)38-12-11-30-24(34)25(35)31-15-20-13-16-3-1-2-4-23(16)39-20/h1-4,7,10,14,17,19-20,32H,5-6,8-9,11-13,15H2,(H,30,34)(H,31,35). The molecule has 2 aromatic rings. The molecule has 210 valence electrons. The van der Waals surface area contributed by atoms with E-state index in [2.05, 4.69) is 16.0 Å². The first-order chi connectivity index (χ1) is 18.6. The maximum atomic E-state index is 13.2. The minimum Gasteiger partial charge on any atom is -0.488 e. The number of benzene rings is 2. The fourth-order valence-corrected chi connectivity index (χ4v) is 4.75. The van der Waals surface area contributed by atoms with E-state index in [9.17, 15) is 32.9 Å². The predicted molar refractivity (Wildman–Crippen MR) is 134 cm³/mol. The van der Waals surface area contributed by atoms with Gasteiger partial charge in [-0.3, -0.25) is 19.7 Å². The van der Waals surface area contributed by atoms with Crippen molar-refractivity contribution in [2.45, 2.75) is 56.5 Å². The molecule has 1 atom stereocenters. The van der Waals surface area contributed by atoms with E-state index in [1.54, 1.807) is 0 Å². The quantitative estimate of drug-likeness (QED) is 0.188. The topological polar surface area (TPSA) is 132 Å². The van der Waals surface area contributed by atoms with Gasteiger partial charge in [0.05, 0.1) is 24.2 Å². The summed E-state index contributed by atoms with van der Waals surface area (Å²) in [7, 11) is 0. The molecule has 0 radical (unpaired) electrons. The van der Waals surface area contributed by atoms with Gasteiger partial charge in [0.2, 0.25) is 0 Å². The summed E-state index contributed by atoms with van der Waals surface area (Å²) in [6.45, 7) is 0.574. The number of ether oxygens (including phenoxy) is 2. The van der Waals surface area contributed by atoms with Crippen molar-refractivity contribution in [3.05, 3.63) is 63.7 Å². The Bertz CT molecular complexity index is 1180. The molecule has 1 heterocycles. The summed E-state index contributed by atoms with van der Waals surface area (Å²) in [6, 6.07) is 10.4. The van der Waals surface area contributed by atoms with E-state index in [0.717, 1.165) is 23.4 Å². The molecular formula is C26H29F3N4O6. The Morgan fingerprint density at radius 2 is 1.77 bits per heavy atom. The van der Waals surface area contributed by atoms with E-state index in [4.69, 9.17) is 9.47 Å². The summed E-state index contributed by atoms with van der Waals surface area (Å²) in [5.41, 5.74) is -1.04. The number of rotatable bonds is 9. The Morgan fingerprint density at radius 3 is 2.46 bits per heavy atom. The van der Waals surface area contributed by atoms with E-state index in [-0.39, 0.29) is 43.6 Å². The molecule has 13 heteroatoms. The Balaban J connectivity index is 1.11. The first kappa shape index (κ1) is 28.1. The van der Waals surface area contributed by atoms with Crippen LogP contribution < -0.4 is 20.7 Å². The molecule has 1 fully saturated rings. The van der Waals surface area contributed by atoms with Crippen molar-refractivity contribution in [1.29, 1.82) is 0 Å². The van der Waals surface area contributed by atoms with Crippen molar-refractivity contribution in [2.75, 3.05) is 25.0 Å². The van der Waals surface area contributed by atoms with Crippen molar-refractivity contribution in [3.8, 4) is 5.75 Å². The Hall–Kier alpha value is -3.87. The van der Waals surface area contributed by atoms with Crippen LogP contribution in [0, 0.1) is 10.1 Å². The number of nitro benzene ring substituents is 1. The number of carbonyl (C=O) groups is 2. The van der Waals surface area contributed by atoms with Crippen LogP contribution >= 0.6 is 0 Å². The minimum atomic E-state index is -4.83. The van der Waals surface area contributed by atoms with Crippen LogP contribution in [0.5, 0.6) is 5.75 Å². The van der Waals surface area contributed by atoms with E-state index < -0.39 is 34.2 Å². The molecule has 39 heavy (non-hydrogen) atoms. The fourth-order valence-electron chi connectivity index (χ4n) is 4.75. The van der Waals surface area contributed by atoms with Crippen molar-refractivity contribution in [2.24, 2.45) is 0 Å². The fraction of sp³-hybridized carbons (Fsp3) is 0.462. The van der Waals surface area contributed by atoms with Crippen LogP contribution in [-0.4, -0.2) is 54.7 Å². The van der Waals surface area contributed by atoms with Crippen LogP contribution in [0.3, 0.4) is 0 Å². The molecular weight excluding hydrogens is 521 g/mol. The highest BCUT2D eigenvalue weighted by atomic mass is 19.4. The van der Waals surface area contributed by atoms with Crippen LogP contribution in [0.1, 0.15) is 36.8 Å². The molecule has 0 spiro atoms. The lowest BCUT2D eigenvalue weighted by molar-refractivity contribution is -0.388. The summed E-state index contributed by atoms with van der Waals surface area (Å²) in [6.07, 6.45) is -1.93. The van der Waals surface area contributed by atoms with Gasteiger partial charge in [0.15, 0.2) is 0 Å². The molecule has 4 rings (SSSR count). The number of hydrogen-bond donors (Lipinski definition) is 3. The normalized spacial score (nSPS) is 20.4. The van der Waals surface area contributed by atoms with Gasteiger partial charge in [-0.2, -0.15) is 13.2 Å². The van der Waals surface area contributed by atoms with Gasteiger partial charge in [-0.1, -0.05) is 18.2 Å². The number of halogens is 3. The number of para-hydroxylation sites is 1. The first-order valence-corrected chi connectivity index (χ1v) is 12.6. The summed E-state index contributed by atoms with van der Waals surface area (Å²) in [5, 5.41) is 19.0. The third kappa shape index (κ3) is 7.59. The smallest absolute Gasteiger partial charge is 0.423 e. The Labute approximate surface area is 222 Å². The van der Waals surface area contributed by atoms with Crippen LogP contribution in [0.2, 0.25) is 0 Å². The van der Waals surface area contributed by atoms with Crippen molar-refractivity contribution >= 4 is 23.2 Å². The number of anilines is 1. The number of nitrogens with zero attached hydrogens (tertiary/aromatic N) is 1. The van der Waals surface area contributed by atoms with E-state index >= 15 is 0 Å². The Morgan fingerprint density at radius 1 is 1.05 bits per heavy atom. The highest BCUT2D eigenvalue weighted by molar-refractivity contribution is 6.35. The largest absolute Gasteiger partial charge is 0.488 e. The molecule has 0 bridgehead atoms. The van der Waals surface area contributed by atoms with Crippen molar-refractivity contribution in [3.63, 3.8) is 0 Å². The van der Waals surface area contributed by atoms with E-state index in [0.29, 0.717) is 32.1 Å². The molecule has 2 aromatic carbocycles. The molecule has 10 nitrogen and oxygen atoms in total. The lowest BCUT2D eigenvalue weighted by Gasteiger charge is -2.30. The average Bonchev–Trinajstić information content (AvgIpc) is 3.33. The van der Waals surface area contributed by atoms with Gasteiger partial charge in [0.1, 0.15) is 17.4 Å². The number of amides is 2. The number of fused-ring (bicyclic) bond motifs is 1. The number of nitro groups is 1. The predicted octanol–water partition coefficient (Wildman–Crippen LogP) is 3.59. The molecule has 0 saturated heterocycles. The van der Waals surface area contributed by atoms with E-state index in [1.165, 1.54) is 6.07 Å². The van der Waals surface area contributed by atoms with Gasteiger partial charge in [0, 0.05) is 30.8 Å². The lowest BCUT2D eigenvalue weighted by Crippen LogP contribution is -2.44. The van der Waals surface area contributed by atoms with Gasteiger partial charge in [0.25, 0.3) is 5.69 Å². The zero-order valence-electron chi connectivity index (χ0n) is 21.0. The number of hydrogen-bond acceptors (Lipinski definition) is 7. The molecule has 2 amide bonds. The zero-order valence-corrected chi connectivity index (χ0v) is 21.0. The van der Waals surface area contributed by atoms with E-state index in [1.807, 2.05) is 24.3 Å². The second kappa shape index (κ2) is 12.3. The van der Waals surface area contributed by atoms with Crippen LogP contribution in [-0.2, 0) is 26.9 Å². The summed E-state index contributed by atoms with van der Waals surface area (Å²) >= 11 is 0. The first-order valence-electron chi connectivity index (χ1n) is 12.6. The number of carbonyl (C=O) groups excluding carboxylic acids is 2. The summed E-state index contributed by atoms with van der Waals surface area (Å²) < 4.78 is 51.1. The third-order valence-electron chi connectivity index (χ3n) is 6.70. The van der Waals surface area contributed by atoms with Crippen LogP contribution in [0.4, 0.5) is 24.5 Å². The monoisotopic (exact) mass is 550 g/mol. The van der Waals surface area contributed by atoms with Gasteiger partial charge in [-0.25, -0.2) is 0 Å². The van der Waals surface area contributed by atoms with Gasteiger partial charge < -0.3 is 25.4 Å². The maximum absolute atomic E-state index is 13.2. The Kier molecular flexibility index (Phi) is 8.90. The minimum absolute atomic E-state index is 0.0856. The van der Waals surface area contributed by atoms with Crippen molar-refractivity contribution in [1.82, 2.24) is 10.6 Å². The molecule has 1 aliphatic carbocycles. The highest BCUT2D eigenvalue weighted by Crippen LogP contribution is 2.38. The number of alkyl halides is 3. The summed E-state index contributed by atoms with van der Waals surface area (Å²) in [5.74, 6) is -0.727. The second-order valence-corrected chi connectivity index (χ2v) is 9.49. The molecule has 1 unspecified atom stereocenters. The number of nitrogens with one attached hydrogen (secondary N) is 3. The van der Waals surface area contributed by atoms with Crippen molar-refractivity contribution < 1.29 is 37.2 Å². The molecule has 1 aliphatic heterocycles. The molecule has 2 aliphatic rings. The third-order valence-corrected chi connectivity index (χ3v) is 6.70. The average molecular weight is 551 g/mol. The van der Waals surface area contributed by atoms with Gasteiger partial charge >= 0.3 is 18.0 Å². The maximum Gasteiger partial charge on any atom is 0.423 e. The second-order valence-electron chi connectivity index (χ2n) is 9.49. The van der Waals surface area contributed by atoms with Crippen LogP contribution in [0.15, 0.2) is 42.5 Å². The summed E-state index contributed by atoms with van der Waals surface area (Å²) in [4.78, 5) is 34.0. The molecule has 0 aromatic heterocycles. The lowest BCUT2D eigenvalue weighted by atomic mass is 9.92. The molecule has 3 N–H and O–H groups in total. The van der Waals surface area contributed by atoms with Gasteiger partial charge in [-0.15, -0.1) is 0 Å². The van der Waals surface area contributed by atoms with Gasteiger partial charge in [-0.05, 0) is 49.4 Å².